The first-order valence-corrected chi connectivity index (χ1v) is 6.74. The molecule has 102 valence electrons. The maximum atomic E-state index is 12.5. The molecular formula is C15H20N2O2. The second kappa shape index (κ2) is 5.13. The number of hydrogen-bond donors (Lipinski definition) is 1. The van der Waals surface area contributed by atoms with Gasteiger partial charge in [-0.1, -0.05) is 26.0 Å². The van der Waals surface area contributed by atoms with E-state index in [-0.39, 0.29) is 11.8 Å². The van der Waals surface area contributed by atoms with Gasteiger partial charge in [0.2, 0.25) is 11.8 Å². The smallest absolute Gasteiger partial charge is 0.240 e. The Balaban J connectivity index is 2.34. The fourth-order valence-electron chi connectivity index (χ4n) is 2.64. The predicted octanol–water partition coefficient (Wildman–Crippen LogP) is 2.21. The Labute approximate surface area is 113 Å². The van der Waals surface area contributed by atoms with Crippen molar-refractivity contribution in [2.45, 2.75) is 39.7 Å². The highest BCUT2D eigenvalue weighted by atomic mass is 16.2. The number of amides is 2. The minimum absolute atomic E-state index is 0.0667. The summed E-state index contributed by atoms with van der Waals surface area (Å²) in [5.74, 6) is -0.169. The molecule has 0 aliphatic carbocycles. The van der Waals surface area contributed by atoms with Crippen molar-refractivity contribution in [3.05, 3.63) is 29.8 Å². The molecule has 2 N–H and O–H groups in total. The molecule has 4 nitrogen and oxygen atoms in total. The molecule has 0 atom stereocenters. The Kier molecular flexibility index (Phi) is 3.71. The van der Waals surface area contributed by atoms with E-state index in [1.807, 2.05) is 26.0 Å². The molecule has 1 aromatic rings. The van der Waals surface area contributed by atoms with E-state index in [9.17, 15) is 9.59 Å². The minimum Gasteiger partial charge on any atom is -0.326 e. The number of nitrogens with zero attached hydrogens (tertiary/aromatic N) is 1. The van der Waals surface area contributed by atoms with Gasteiger partial charge >= 0.3 is 0 Å². The number of imide groups is 1. The Morgan fingerprint density at radius 3 is 2.16 bits per heavy atom. The first-order valence-electron chi connectivity index (χ1n) is 6.74. The molecule has 1 aliphatic rings. The molecular weight excluding hydrogens is 240 g/mol. The average Bonchev–Trinajstić information content (AvgIpc) is 2.70. The topological polar surface area (TPSA) is 63.4 Å². The second-order valence-corrected chi connectivity index (χ2v) is 5.07. The first kappa shape index (κ1) is 13.7. The van der Waals surface area contributed by atoms with E-state index in [0.29, 0.717) is 31.5 Å². The normalized spacial score (nSPS) is 18.2. The van der Waals surface area contributed by atoms with Gasteiger partial charge in [0, 0.05) is 13.0 Å². The molecule has 1 fully saturated rings. The van der Waals surface area contributed by atoms with Gasteiger partial charge in [0.1, 0.15) is 0 Å². The van der Waals surface area contributed by atoms with Crippen molar-refractivity contribution in [3.63, 3.8) is 0 Å². The number of rotatable bonds is 4. The monoisotopic (exact) mass is 260 g/mol. The zero-order valence-corrected chi connectivity index (χ0v) is 11.5. The van der Waals surface area contributed by atoms with Gasteiger partial charge in [-0.25, -0.2) is 0 Å². The zero-order valence-electron chi connectivity index (χ0n) is 11.5. The molecule has 1 aliphatic heterocycles. The first-order chi connectivity index (χ1) is 9.07. The van der Waals surface area contributed by atoms with E-state index in [1.54, 1.807) is 12.1 Å². The molecule has 1 saturated heterocycles. The van der Waals surface area contributed by atoms with Crippen LogP contribution in [0.3, 0.4) is 0 Å². The van der Waals surface area contributed by atoms with Gasteiger partial charge in [-0.05, 0) is 30.5 Å². The van der Waals surface area contributed by atoms with Crippen molar-refractivity contribution in [3.8, 4) is 0 Å². The SMILES string of the molecule is CCC1(CC)CC(=O)N(c2ccc(CN)cc2)C1=O. The summed E-state index contributed by atoms with van der Waals surface area (Å²) in [5.41, 5.74) is 6.67. The number of carbonyl (C=O) groups is 2. The minimum atomic E-state index is -0.510. The van der Waals surface area contributed by atoms with Crippen LogP contribution >= 0.6 is 0 Å². The van der Waals surface area contributed by atoms with Crippen LogP contribution in [0.15, 0.2) is 24.3 Å². The Bertz CT molecular complexity index is 489. The number of nitrogens with two attached hydrogens (primary N) is 1. The lowest BCUT2D eigenvalue weighted by Gasteiger charge is -2.23. The molecule has 2 amide bonds. The third-order valence-electron chi connectivity index (χ3n) is 4.18. The number of anilines is 1. The quantitative estimate of drug-likeness (QED) is 0.844. The van der Waals surface area contributed by atoms with Gasteiger partial charge in [0.25, 0.3) is 0 Å². The molecule has 1 heterocycles. The van der Waals surface area contributed by atoms with Crippen LogP contribution in [0.1, 0.15) is 38.7 Å². The van der Waals surface area contributed by atoms with Crippen LogP contribution in [-0.4, -0.2) is 11.8 Å². The van der Waals surface area contributed by atoms with Crippen LogP contribution < -0.4 is 10.6 Å². The molecule has 19 heavy (non-hydrogen) atoms. The van der Waals surface area contributed by atoms with Gasteiger partial charge in [-0.3, -0.25) is 14.5 Å². The van der Waals surface area contributed by atoms with Gasteiger partial charge in [0.15, 0.2) is 0 Å². The zero-order chi connectivity index (χ0) is 14.0. The van der Waals surface area contributed by atoms with Crippen molar-refractivity contribution in [2.24, 2.45) is 11.1 Å². The van der Waals surface area contributed by atoms with Crippen LogP contribution in [0.25, 0.3) is 0 Å². The predicted molar refractivity (Wildman–Crippen MR) is 74.5 cm³/mol. The van der Waals surface area contributed by atoms with Gasteiger partial charge < -0.3 is 5.73 Å². The highest BCUT2D eigenvalue weighted by molar-refractivity contribution is 6.22. The lowest BCUT2D eigenvalue weighted by molar-refractivity contribution is -0.126. The van der Waals surface area contributed by atoms with Crippen LogP contribution in [0.4, 0.5) is 5.69 Å². The number of carbonyl (C=O) groups excluding carboxylic acids is 2. The third-order valence-corrected chi connectivity index (χ3v) is 4.18. The molecule has 4 heteroatoms. The summed E-state index contributed by atoms with van der Waals surface area (Å²) in [5, 5.41) is 0. The van der Waals surface area contributed by atoms with Crippen LogP contribution in [0.5, 0.6) is 0 Å². The molecule has 2 rings (SSSR count). The Morgan fingerprint density at radius 1 is 1.16 bits per heavy atom. The van der Waals surface area contributed by atoms with E-state index < -0.39 is 5.41 Å². The van der Waals surface area contributed by atoms with E-state index >= 15 is 0 Å². The van der Waals surface area contributed by atoms with Crippen molar-refractivity contribution in [2.75, 3.05) is 4.90 Å². The van der Waals surface area contributed by atoms with Crippen LogP contribution in [-0.2, 0) is 16.1 Å². The molecule has 0 unspecified atom stereocenters. The number of hydrogen-bond acceptors (Lipinski definition) is 3. The third kappa shape index (κ3) is 2.16. The summed E-state index contributed by atoms with van der Waals surface area (Å²) < 4.78 is 0. The van der Waals surface area contributed by atoms with Crippen LogP contribution in [0, 0.1) is 5.41 Å². The summed E-state index contributed by atoms with van der Waals surface area (Å²) in [7, 11) is 0. The largest absolute Gasteiger partial charge is 0.326 e. The van der Waals surface area contributed by atoms with Crippen molar-refractivity contribution >= 4 is 17.5 Å². The lowest BCUT2D eigenvalue weighted by Crippen LogP contribution is -2.35. The van der Waals surface area contributed by atoms with Crippen molar-refractivity contribution in [1.82, 2.24) is 0 Å². The Hall–Kier alpha value is -1.68. The molecule has 0 aromatic heterocycles. The standard InChI is InChI=1S/C15H20N2O2/c1-3-15(4-2)9-13(18)17(14(15)19)12-7-5-11(10-16)6-8-12/h5-8H,3-4,9-10,16H2,1-2H3. The molecule has 0 saturated carbocycles. The maximum Gasteiger partial charge on any atom is 0.240 e. The van der Waals surface area contributed by atoms with Gasteiger partial charge in [0.05, 0.1) is 11.1 Å². The van der Waals surface area contributed by atoms with Crippen molar-refractivity contribution < 1.29 is 9.59 Å². The highest BCUT2D eigenvalue weighted by Crippen LogP contribution is 2.41. The fourth-order valence-corrected chi connectivity index (χ4v) is 2.64. The van der Waals surface area contributed by atoms with E-state index in [1.165, 1.54) is 4.90 Å². The Morgan fingerprint density at radius 2 is 1.74 bits per heavy atom. The second-order valence-electron chi connectivity index (χ2n) is 5.07. The van der Waals surface area contributed by atoms with E-state index in [4.69, 9.17) is 5.73 Å². The molecule has 0 spiro atoms. The molecule has 1 aromatic carbocycles. The number of benzene rings is 1. The average molecular weight is 260 g/mol. The molecule has 0 radical (unpaired) electrons. The van der Waals surface area contributed by atoms with E-state index in [0.717, 1.165) is 5.56 Å². The molecule has 0 bridgehead atoms. The van der Waals surface area contributed by atoms with Crippen LogP contribution in [0.2, 0.25) is 0 Å². The van der Waals surface area contributed by atoms with Gasteiger partial charge in [-0.2, -0.15) is 0 Å². The lowest BCUT2D eigenvalue weighted by atomic mass is 9.81. The maximum absolute atomic E-state index is 12.5. The summed E-state index contributed by atoms with van der Waals surface area (Å²) in [4.78, 5) is 26.0. The summed E-state index contributed by atoms with van der Waals surface area (Å²) in [6.07, 6.45) is 1.72. The summed E-state index contributed by atoms with van der Waals surface area (Å²) >= 11 is 0. The van der Waals surface area contributed by atoms with E-state index in [2.05, 4.69) is 0 Å². The summed E-state index contributed by atoms with van der Waals surface area (Å²) in [6, 6.07) is 7.29. The van der Waals surface area contributed by atoms with Gasteiger partial charge in [-0.15, -0.1) is 0 Å². The van der Waals surface area contributed by atoms with Crippen molar-refractivity contribution in [1.29, 1.82) is 0 Å². The summed E-state index contributed by atoms with van der Waals surface area (Å²) in [6.45, 7) is 4.39. The fraction of sp³-hybridized carbons (Fsp3) is 0.467. The highest BCUT2D eigenvalue weighted by Gasteiger charge is 2.49.